The van der Waals surface area contributed by atoms with Crippen molar-refractivity contribution >= 4 is 28.4 Å². The molecule has 1 fully saturated rings. The highest BCUT2D eigenvalue weighted by molar-refractivity contribution is 5.92. The molecule has 11 heteroatoms. The summed E-state index contributed by atoms with van der Waals surface area (Å²) in [5, 5.41) is 22.2. The van der Waals surface area contributed by atoms with E-state index in [2.05, 4.69) is 16.4 Å². The number of rotatable bonds is 6. The van der Waals surface area contributed by atoms with Crippen molar-refractivity contribution in [2.75, 3.05) is 42.9 Å². The maximum atomic E-state index is 12.8. The first-order valence-corrected chi connectivity index (χ1v) is 12.7. The van der Waals surface area contributed by atoms with Gasteiger partial charge in [-0.2, -0.15) is 18.4 Å². The van der Waals surface area contributed by atoms with Crippen molar-refractivity contribution in [3.8, 4) is 17.5 Å². The van der Waals surface area contributed by atoms with E-state index in [1.807, 2.05) is 9.80 Å². The summed E-state index contributed by atoms with van der Waals surface area (Å²) in [6.45, 7) is 4.20. The summed E-state index contributed by atoms with van der Waals surface area (Å²) in [5.74, 6) is 0.152. The lowest BCUT2D eigenvalue weighted by molar-refractivity contribution is -0.137. The van der Waals surface area contributed by atoms with Crippen LogP contribution in [0.5, 0.6) is 0 Å². The van der Waals surface area contributed by atoms with Crippen LogP contribution < -0.4 is 10.2 Å². The van der Waals surface area contributed by atoms with Gasteiger partial charge in [0.05, 0.1) is 29.8 Å². The second kappa shape index (κ2) is 11.0. The third-order valence-electron chi connectivity index (χ3n) is 6.81. The maximum Gasteiger partial charge on any atom is 0.416 e. The molecule has 0 bridgehead atoms. The Bertz CT molecular complexity index is 1550. The van der Waals surface area contributed by atoms with Crippen molar-refractivity contribution in [2.24, 2.45) is 0 Å². The molecule has 1 aliphatic rings. The summed E-state index contributed by atoms with van der Waals surface area (Å²) < 4.78 is 44.3. The number of aliphatic hydroxyl groups excluding tert-OH is 1. The highest BCUT2D eigenvalue weighted by atomic mass is 19.4. The van der Waals surface area contributed by atoms with Crippen LogP contribution in [0.2, 0.25) is 0 Å². The van der Waals surface area contributed by atoms with Gasteiger partial charge >= 0.3 is 6.18 Å². The van der Waals surface area contributed by atoms with Crippen LogP contribution in [0.15, 0.2) is 65.1 Å². The fourth-order valence-corrected chi connectivity index (χ4v) is 4.68. The lowest BCUT2D eigenvalue weighted by atomic mass is 10.1. The van der Waals surface area contributed by atoms with E-state index >= 15 is 0 Å². The lowest BCUT2D eigenvalue weighted by Gasteiger charge is -2.35. The highest BCUT2D eigenvalue weighted by Gasteiger charge is 2.30. The summed E-state index contributed by atoms with van der Waals surface area (Å²) in [6, 6.07) is 17.4. The summed E-state index contributed by atoms with van der Waals surface area (Å²) in [7, 11) is 0. The molecule has 0 aliphatic carbocycles. The number of nitrogens with one attached hydrogen (secondary N) is 1. The molecule has 5 rings (SSSR count). The Hall–Kier alpha value is -4.40. The topological polar surface area (TPSA) is 106 Å². The summed E-state index contributed by atoms with van der Waals surface area (Å²) in [4.78, 5) is 21.1. The standard InChI is InChI=1S/C29H26F3N5O3/c1-18(38)24-14-19(16-33)15-25-27(24)40-28(35-25)20-2-6-22(7-3-20)34-26(39)17-36-10-12-37(13-11-36)23-8-4-21(5-9-23)29(30,31)32/h2-9,14-15,18,38H,10-13,17H2,1H3,(H,34,39). The number of amides is 1. The predicted molar refractivity (Wildman–Crippen MR) is 144 cm³/mol. The average Bonchev–Trinajstić information content (AvgIpc) is 3.37. The number of alkyl halides is 3. The van der Waals surface area contributed by atoms with Crippen molar-refractivity contribution in [1.82, 2.24) is 9.88 Å². The second-order valence-corrected chi connectivity index (χ2v) is 9.65. The molecule has 2 N–H and O–H groups in total. The Labute approximate surface area is 228 Å². The lowest BCUT2D eigenvalue weighted by Crippen LogP contribution is -2.48. The number of benzene rings is 3. The van der Waals surface area contributed by atoms with E-state index in [-0.39, 0.29) is 12.5 Å². The van der Waals surface area contributed by atoms with Gasteiger partial charge in [-0.05, 0) is 67.6 Å². The molecule has 1 amide bonds. The van der Waals surface area contributed by atoms with E-state index in [9.17, 15) is 28.3 Å². The van der Waals surface area contributed by atoms with Crippen LogP contribution in [0, 0.1) is 11.3 Å². The van der Waals surface area contributed by atoms with Gasteiger partial charge in [-0.1, -0.05) is 0 Å². The van der Waals surface area contributed by atoms with Crippen molar-refractivity contribution in [2.45, 2.75) is 19.2 Å². The zero-order valence-corrected chi connectivity index (χ0v) is 21.6. The molecule has 1 aromatic heterocycles. The predicted octanol–water partition coefficient (Wildman–Crippen LogP) is 5.20. The first kappa shape index (κ1) is 27.2. The number of nitrogens with zero attached hydrogens (tertiary/aromatic N) is 4. The zero-order valence-electron chi connectivity index (χ0n) is 21.6. The van der Waals surface area contributed by atoms with E-state index in [4.69, 9.17) is 4.42 Å². The molecule has 1 unspecified atom stereocenters. The molecule has 4 aromatic rings. The second-order valence-electron chi connectivity index (χ2n) is 9.65. The number of piperazine rings is 1. The van der Waals surface area contributed by atoms with Crippen LogP contribution in [0.1, 0.15) is 29.7 Å². The number of fused-ring (bicyclic) bond motifs is 1. The molecule has 40 heavy (non-hydrogen) atoms. The smallest absolute Gasteiger partial charge is 0.416 e. The average molecular weight is 550 g/mol. The van der Waals surface area contributed by atoms with Gasteiger partial charge in [-0.15, -0.1) is 0 Å². The maximum absolute atomic E-state index is 12.8. The van der Waals surface area contributed by atoms with Crippen LogP contribution >= 0.6 is 0 Å². The molecule has 1 atom stereocenters. The van der Waals surface area contributed by atoms with E-state index in [1.165, 1.54) is 12.1 Å². The van der Waals surface area contributed by atoms with Crippen LogP contribution in [0.4, 0.5) is 24.5 Å². The van der Waals surface area contributed by atoms with E-state index < -0.39 is 17.8 Å². The zero-order chi connectivity index (χ0) is 28.4. The minimum absolute atomic E-state index is 0.178. The molecule has 206 valence electrons. The SMILES string of the molecule is CC(O)c1cc(C#N)cc2nc(-c3ccc(NC(=O)CN4CCN(c5ccc(C(F)(F)F)cc5)CC4)cc3)oc12. The van der Waals surface area contributed by atoms with E-state index in [0.29, 0.717) is 65.5 Å². The number of anilines is 2. The van der Waals surface area contributed by atoms with Crippen LogP contribution in [0.25, 0.3) is 22.6 Å². The van der Waals surface area contributed by atoms with Gasteiger partial charge < -0.3 is 19.7 Å². The number of carbonyl (C=O) groups is 1. The Morgan fingerprint density at radius 3 is 2.38 bits per heavy atom. The number of nitriles is 1. The van der Waals surface area contributed by atoms with Gasteiger partial charge in [0, 0.05) is 48.7 Å². The van der Waals surface area contributed by atoms with Crippen molar-refractivity contribution < 1.29 is 27.5 Å². The van der Waals surface area contributed by atoms with Gasteiger partial charge in [0.15, 0.2) is 5.58 Å². The number of halogens is 3. The number of hydrogen-bond donors (Lipinski definition) is 2. The van der Waals surface area contributed by atoms with Gasteiger partial charge in [0.2, 0.25) is 11.8 Å². The monoisotopic (exact) mass is 549 g/mol. The Balaban J connectivity index is 1.16. The number of oxazole rings is 1. The van der Waals surface area contributed by atoms with Gasteiger partial charge in [0.1, 0.15) is 5.52 Å². The third-order valence-corrected chi connectivity index (χ3v) is 6.81. The molecular weight excluding hydrogens is 523 g/mol. The highest BCUT2D eigenvalue weighted by Crippen LogP contribution is 2.32. The molecule has 0 spiro atoms. The van der Waals surface area contributed by atoms with Crippen LogP contribution in [-0.2, 0) is 11.0 Å². The van der Waals surface area contributed by atoms with Crippen LogP contribution in [0.3, 0.4) is 0 Å². The molecule has 0 saturated carbocycles. The molecule has 0 radical (unpaired) electrons. The number of aliphatic hydroxyl groups is 1. The molecular formula is C29H26F3N5O3. The molecule has 2 heterocycles. The Morgan fingerprint density at radius 1 is 1.10 bits per heavy atom. The number of aromatic nitrogens is 1. The van der Waals surface area contributed by atoms with E-state index in [1.54, 1.807) is 43.3 Å². The fraction of sp³-hybridized carbons (Fsp3) is 0.276. The van der Waals surface area contributed by atoms with Crippen LogP contribution in [-0.4, -0.2) is 53.6 Å². The summed E-state index contributed by atoms with van der Waals surface area (Å²) in [5.41, 5.74) is 3.07. The third kappa shape index (κ3) is 5.93. The first-order chi connectivity index (χ1) is 19.1. The Kier molecular flexibility index (Phi) is 7.47. The molecule has 8 nitrogen and oxygen atoms in total. The van der Waals surface area contributed by atoms with Gasteiger partial charge in [0.25, 0.3) is 0 Å². The molecule has 1 aliphatic heterocycles. The van der Waals surface area contributed by atoms with Gasteiger partial charge in [-0.3, -0.25) is 9.69 Å². The number of hydrogen-bond acceptors (Lipinski definition) is 7. The van der Waals surface area contributed by atoms with E-state index in [0.717, 1.165) is 17.8 Å². The molecule has 3 aromatic carbocycles. The van der Waals surface area contributed by atoms with Gasteiger partial charge in [-0.25, -0.2) is 4.98 Å². The minimum atomic E-state index is -4.36. The van der Waals surface area contributed by atoms with Crippen molar-refractivity contribution in [3.05, 3.63) is 77.4 Å². The summed E-state index contributed by atoms with van der Waals surface area (Å²) in [6.07, 6.45) is -5.19. The summed E-state index contributed by atoms with van der Waals surface area (Å²) >= 11 is 0. The quantitative estimate of drug-likeness (QED) is 0.341. The van der Waals surface area contributed by atoms with Crippen molar-refractivity contribution in [1.29, 1.82) is 5.26 Å². The number of carbonyl (C=O) groups excluding carboxylic acids is 1. The Morgan fingerprint density at radius 2 is 1.77 bits per heavy atom. The van der Waals surface area contributed by atoms with Crippen molar-refractivity contribution in [3.63, 3.8) is 0 Å². The largest absolute Gasteiger partial charge is 0.436 e. The first-order valence-electron chi connectivity index (χ1n) is 12.7. The minimum Gasteiger partial charge on any atom is -0.436 e. The normalized spacial score (nSPS) is 15.2. The fourth-order valence-electron chi connectivity index (χ4n) is 4.68. The molecule has 1 saturated heterocycles.